The van der Waals surface area contributed by atoms with Gasteiger partial charge in [0.1, 0.15) is 0 Å². The molecule has 0 amide bonds. The molecule has 0 unspecified atom stereocenters. The van der Waals surface area contributed by atoms with Crippen molar-refractivity contribution in [1.29, 1.82) is 0 Å². The van der Waals surface area contributed by atoms with Gasteiger partial charge in [-0.1, -0.05) is 23.1 Å². The summed E-state index contributed by atoms with van der Waals surface area (Å²) in [6.45, 7) is 2.22. The minimum atomic E-state index is -0.849. The highest BCUT2D eigenvalue weighted by molar-refractivity contribution is 8.01. The molecule has 0 atom stereocenters. The number of aromatic nitrogens is 2. The maximum absolute atomic E-state index is 10.4. The first kappa shape index (κ1) is 13.6. The molecule has 1 aromatic rings. The fraction of sp³-hybridized carbons (Fsp3) is 0.700. The van der Waals surface area contributed by atoms with Crippen molar-refractivity contribution in [3.05, 3.63) is 0 Å². The zero-order chi connectivity index (χ0) is 12.8. The van der Waals surface area contributed by atoms with Gasteiger partial charge in [-0.15, -0.1) is 10.2 Å². The lowest BCUT2D eigenvalue weighted by atomic mass is 10.5. The highest BCUT2D eigenvalue weighted by atomic mass is 32.2. The highest BCUT2D eigenvalue weighted by Gasteiger charge is 2.20. The maximum atomic E-state index is 10.4. The Kier molecular flexibility index (Phi) is 5.21. The van der Waals surface area contributed by atoms with E-state index in [-0.39, 0.29) is 5.75 Å². The minimum Gasteiger partial charge on any atom is -0.481 e. The van der Waals surface area contributed by atoms with Crippen LogP contribution < -0.4 is 5.32 Å². The number of carboxylic acid groups (broad SMARTS) is 1. The summed E-state index contributed by atoms with van der Waals surface area (Å²) in [5, 5.41) is 20.2. The second-order valence-corrected chi connectivity index (χ2v) is 6.20. The SMILES string of the molecule is O=C(O)CSc1nnc(NCCOCC2CC2)s1. The highest BCUT2D eigenvalue weighted by Crippen LogP contribution is 2.28. The van der Waals surface area contributed by atoms with Gasteiger partial charge in [0.15, 0.2) is 4.34 Å². The van der Waals surface area contributed by atoms with Crippen LogP contribution in [0.1, 0.15) is 12.8 Å². The molecule has 0 aliphatic heterocycles. The molecule has 2 rings (SSSR count). The zero-order valence-corrected chi connectivity index (χ0v) is 11.4. The smallest absolute Gasteiger partial charge is 0.313 e. The summed E-state index contributed by atoms with van der Waals surface area (Å²) >= 11 is 2.54. The van der Waals surface area contributed by atoms with Gasteiger partial charge in [0, 0.05) is 13.2 Å². The summed E-state index contributed by atoms with van der Waals surface area (Å²) in [5.74, 6) is -0.0530. The first-order valence-electron chi connectivity index (χ1n) is 5.74. The number of aliphatic carboxylic acids is 1. The van der Waals surface area contributed by atoms with Gasteiger partial charge in [-0.05, 0) is 18.8 Å². The summed E-state index contributed by atoms with van der Waals surface area (Å²) in [5.41, 5.74) is 0. The van der Waals surface area contributed by atoms with Gasteiger partial charge in [-0.3, -0.25) is 4.79 Å². The molecule has 6 nitrogen and oxygen atoms in total. The van der Waals surface area contributed by atoms with Crippen molar-refractivity contribution < 1.29 is 14.6 Å². The van der Waals surface area contributed by atoms with Crippen LogP contribution in [0.5, 0.6) is 0 Å². The Bertz CT molecular complexity index is 395. The van der Waals surface area contributed by atoms with E-state index >= 15 is 0 Å². The maximum Gasteiger partial charge on any atom is 0.313 e. The van der Waals surface area contributed by atoms with Crippen molar-refractivity contribution >= 4 is 34.2 Å². The second-order valence-electron chi connectivity index (χ2n) is 4.00. The average Bonchev–Trinajstić information content (AvgIpc) is 3.05. The van der Waals surface area contributed by atoms with E-state index < -0.39 is 5.97 Å². The molecule has 1 heterocycles. The number of ether oxygens (including phenoxy) is 1. The Labute approximate surface area is 113 Å². The van der Waals surface area contributed by atoms with E-state index in [1.165, 1.54) is 35.9 Å². The number of nitrogens with zero attached hydrogens (tertiary/aromatic N) is 2. The third-order valence-electron chi connectivity index (χ3n) is 2.30. The number of nitrogens with one attached hydrogen (secondary N) is 1. The largest absolute Gasteiger partial charge is 0.481 e. The Morgan fingerprint density at radius 2 is 2.39 bits per heavy atom. The summed E-state index contributed by atoms with van der Waals surface area (Å²) in [6, 6.07) is 0. The molecular formula is C10H15N3O3S2. The molecule has 2 N–H and O–H groups in total. The predicted molar refractivity (Wildman–Crippen MR) is 70.3 cm³/mol. The van der Waals surface area contributed by atoms with Gasteiger partial charge in [-0.2, -0.15) is 0 Å². The van der Waals surface area contributed by atoms with E-state index in [1.807, 2.05) is 0 Å². The van der Waals surface area contributed by atoms with E-state index in [0.717, 1.165) is 12.5 Å². The van der Waals surface area contributed by atoms with Crippen molar-refractivity contribution in [2.75, 3.05) is 30.8 Å². The van der Waals surface area contributed by atoms with Crippen molar-refractivity contribution in [2.24, 2.45) is 5.92 Å². The Balaban J connectivity index is 1.58. The summed E-state index contributed by atoms with van der Waals surface area (Å²) in [6.07, 6.45) is 2.60. The molecule has 0 bridgehead atoms. The van der Waals surface area contributed by atoms with Crippen LogP contribution in [0.3, 0.4) is 0 Å². The van der Waals surface area contributed by atoms with Gasteiger partial charge in [0.25, 0.3) is 0 Å². The first-order valence-corrected chi connectivity index (χ1v) is 7.54. The third kappa shape index (κ3) is 5.19. The lowest BCUT2D eigenvalue weighted by molar-refractivity contribution is -0.133. The number of carbonyl (C=O) groups is 1. The molecule has 8 heteroatoms. The standard InChI is InChI=1S/C10H15N3O3S2/c14-8(15)6-17-10-13-12-9(18-10)11-3-4-16-5-7-1-2-7/h7H,1-6H2,(H,11,12)(H,14,15). The number of rotatable bonds is 9. The van der Waals surface area contributed by atoms with Crippen molar-refractivity contribution in [3.8, 4) is 0 Å². The van der Waals surface area contributed by atoms with Crippen molar-refractivity contribution in [3.63, 3.8) is 0 Å². The molecular weight excluding hydrogens is 274 g/mol. The third-order valence-corrected chi connectivity index (χ3v) is 4.30. The first-order chi connectivity index (χ1) is 8.74. The minimum absolute atomic E-state index is 0.0130. The molecule has 100 valence electrons. The number of thioether (sulfide) groups is 1. The second kappa shape index (κ2) is 6.91. The van der Waals surface area contributed by atoms with Crippen molar-refractivity contribution in [1.82, 2.24) is 10.2 Å². The van der Waals surface area contributed by atoms with Gasteiger partial charge in [0.05, 0.1) is 12.4 Å². The fourth-order valence-electron chi connectivity index (χ4n) is 1.23. The Morgan fingerprint density at radius 1 is 1.56 bits per heavy atom. The summed E-state index contributed by atoms with van der Waals surface area (Å²) in [7, 11) is 0. The van der Waals surface area contributed by atoms with Crippen LogP contribution in [0.25, 0.3) is 0 Å². The zero-order valence-electron chi connectivity index (χ0n) is 9.79. The van der Waals surface area contributed by atoms with E-state index in [0.29, 0.717) is 22.6 Å². The number of hydrogen-bond acceptors (Lipinski definition) is 7. The van der Waals surface area contributed by atoms with Gasteiger partial charge >= 0.3 is 5.97 Å². The molecule has 1 aliphatic rings. The van der Waals surface area contributed by atoms with Gasteiger partial charge in [-0.25, -0.2) is 0 Å². The lowest BCUT2D eigenvalue weighted by Gasteiger charge is -2.02. The molecule has 0 radical (unpaired) electrons. The Morgan fingerprint density at radius 3 is 3.11 bits per heavy atom. The molecule has 0 aromatic carbocycles. The topological polar surface area (TPSA) is 84.3 Å². The molecule has 1 aromatic heterocycles. The summed E-state index contributed by atoms with van der Waals surface area (Å²) < 4.78 is 6.14. The molecule has 0 saturated heterocycles. The predicted octanol–water partition coefficient (Wildman–Crippen LogP) is 1.55. The fourth-order valence-corrected chi connectivity index (χ4v) is 2.73. The van der Waals surface area contributed by atoms with Crippen LogP contribution in [0.15, 0.2) is 4.34 Å². The number of carboxylic acids is 1. The van der Waals surface area contributed by atoms with Gasteiger partial charge < -0.3 is 15.2 Å². The van der Waals surface area contributed by atoms with Gasteiger partial charge in [0.2, 0.25) is 5.13 Å². The molecule has 18 heavy (non-hydrogen) atoms. The van der Waals surface area contributed by atoms with E-state index in [1.54, 1.807) is 0 Å². The van der Waals surface area contributed by atoms with Crippen LogP contribution in [-0.4, -0.2) is 46.8 Å². The van der Waals surface area contributed by atoms with E-state index in [4.69, 9.17) is 9.84 Å². The molecule has 1 fully saturated rings. The Hall–Kier alpha value is -0.860. The van der Waals surface area contributed by atoms with Crippen LogP contribution in [-0.2, 0) is 9.53 Å². The average molecular weight is 289 g/mol. The monoisotopic (exact) mass is 289 g/mol. The van der Waals surface area contributed by atoms with E-state index in [9.17, 15) is 4.79 Å². The molecule has 1 saturated carbocycles. The van der Waals surface area contributed by atoms with Crippen LogP contribution >= 0.6 is 23.1 Å². The van der Waals surface area contributed by atoms with E-state index in [2.05, 4.69) is 15.5 Å². The lowest BCUT2D eigenvalue weighted by Crippen LogP contribution is -2.10. The number of anilines is 1. The van der Waals surface area contributed by atoms with Crippen LogP contribution in [0.2, 0.25) is 0 Å². The molecule has 0 spiro atoms. The van der Waals surface area contributed by atoms with Crippen LogP contribution in [0.4, 0.5) is 5.13 Å². The van der Waals surface area contributed by atoms with Crippen molar-refractivity contribution in [2.45, 2.75) is 17.2 Å². The molecule has 1 aliphatic carbocycles. The quantitative estimate of drug-likeness (QED) is 0.527. The summed E-state index contributed by atoms with van der Waals surface area (Å²) in [4.78, 5) is 10.4. The number of hydrogen-bond donors (Lipinski definition) is 2. The van der Waals surface area contributed by atoms with Crippen LogP contribution in [0, 0.1) is 5.92 Å². The normalized spacial score (nSPS) is 14.7.